The second kappa shape index (κ2) is 5.03. The standard InChI is InChI=1S/C5H8.C2H4O2.CH4/c1-4-3-5(4)2;1-2(3)4;/h3H2,1-2H3;1H3,(H,3,4);1H4. The van der Waals surface area contributed by atoms with E-state index in [2.05, 4.69) is 13.8 Å². The molecule has 1 N–H and O–H groups in total. The molecule has 0 aromatic heterocycles. The van der Waals surface area contributed by atoms with E-state index < -0.39 is 5.97 Å². The number of allylic oxidation sites excluding steroid dienone is 2. The number of carboxylic acid groups (broad SMARTS) is 1. The zero-order valence-electron chi connectivity index (χ0n) is 6.06. The van der Waals surface area contributed by atoms with Crippen molar-refractivity contribution in [2.75, 3.05) is 0 Å². The van der Waals surface area contributed by atoms with E-state index >= 15 is 0 Å². The molecule has 0 aliphatic heterocycles. The van der Waals surface area contributed by atoms with E-state index in [4.69, 9.17) is 9.90 Å². The van der Waals surface area contributed by atoms with Crippen LogP contribution in [0.5, 0.6) is 0 Å². The molecule has 2 heteroatoms. The van der Waals surface area contributed by atoms with E-state index in [0.717, 1.165) is 6.92 Å². The van der Waals surface area contributed by atoms with Crippen LogP contribution in [0.25, 0.3) is 0 Å². The first-order chi connectivity index (χ1) is 4.04. The van der Waals surface area contributed by atoms with Crippen molar-refractivity contribution in [3.63, 3.8) is 0 Å². The maximum absolute atomic E-state index is 9.00. The summed E-state index contributed by atoms with van der Waals surface area (Å²) >= 11 is 0. The molecule has 1 aliphatic carbocycles. The number of carbonyl (C=O) groups is 1. The minimum Gasteiger partial charge on any atom is -0.481 e. The van der Waals surface area contributed by atoms with Crippen LogP contribution in [-0.2, 0) is 4.79 Å². The Balaban J connectivity index is 0. The summed E-state index contributed by atoms with van der Waals surface area (Å²) in [5, 5.41) is 7.42. The third-order valence-corrected chi connectivity index (χ3v) is 1.13. The van der Waals surface area contributed by atoms with Crippen molar-refractivity contribution < 1.29 is 9.90 Å². The Kier molecular flexibility index (Phi) is 6.01. The quantitative estimate of drug-likeness (QED) is 0.530. The van der Waals surface area contributed by atoms with Gasteiger partial charge in [-0.3, -0.25) is 4.79 Å². The maximum atomic E-state index is 9.00. The zero-order chi connectivity index (χ0) is 7.44. The largest absolute Gasteiger partial charge is 0.481 e. The van der Waals surface area contributed by atoms with Crippen molar-refractivity contribution in [2.45, 2.75) is 34.6 Å². The highest BCUT2D eigenvalue weighted by Gasteiger charge is 2.07. The van der Waals surface area contributed by atoms with Crippen LogP contribution in [0.15, 0.2) is 11.1 Å². The molecule has 0 aromatic carbocycles. The first kappa shape index (κ1) is 11.9. The van der Waals surface area contributed by atoms with E-state index in [9.17, 15) is 0 Å². The summed E-state index contributed by atoms with van der Waals surface area (Å²) in [5.74, 6) is -0.833. The molecule has 1 aliphatic rings. The van der Waals surface area contributed by atoms with Crippen LogP contribution in [0.2, 0.25) is 0 Å². The number of rotatable bonds is 0. The fraction of sp³-hybridized carbons (Fsp3) is 0.625. The highest BCUT2D eigenvalue weighted by molar-refractivity contribution is 5.62. The van der Waals surface area contributed by atoms with Crippen molar-refractivity contribution in [3.8, 4) is 0 Å². The van der Waals surface area contributed by atoms with Crippen LogP contribution < -0.4 is 0 Å². The van der Waals surface area contributed by atoms with Crippen molar-refractivity contribution in [1.82, 2.24) is 0 Å². The van der Waals surface area contributed by atoms with Crippen LogP contribution in [0.3, 0.4) is 0 Å². The molecule has 0 aromatic rings. The molecule has 0 unspecified atom stereocenters. The first-order valence-corrected chi connectivity index (χ1v) is 2.88. The van der Waals surface area contributed by atoms with Crippen molar-refractivity contribution in [3.05, 3.63) is 11.1 Å². The second-order valence-corrected chi connectivity index (χ2v) is 2.26. The minimum atomic E-state index is -0.833. The first-order valence-electron chi connectivity index (χ1n) is 2.88. The minimum absolute atomic E-state index is 0. The van der Waals surface area contributed by atoms with Gasteiger partial charge in [0.05, 0.1) is 0 Å². The Morgan fingerprint density at radius 3 is 1.50 bits per heavy atom. The lowest BCUT2D eigenvalue weighted by atomic mass is 10.6. The zero-order valence-corrected chi connectivity index (χ0v) is 6.06. The molecule has 10 heavy (non-hydrogen) atoms. The van der Waals surface area contributed by atoms with Gasteiger partial charge in [0, 0.05) is 6.92 Å². The number of hydrogen-bond acceptors (Lipinski definition) is 1. The van der Waals surface area contributed by atoms with Gasteiger partial charge in [0.2, 0.25) is 0 Å². The smallest absolute Gasteiger partial charge is 0.300 e. The Bertz CT molecular complexity index is 131. The predicted molar refractivity (Wildman–Crippen MR) is 43.0 cm³/mol. The molecule has 0 saturated heterocycles. The summed E-state index contributed by atoms with van der Waals surface area (Å²) in [6, 6.07) is 0. The van der Waals surface area contributed by atoms with Crippen molar-refractivity contribution in [2.24, 2.45) is 0 Å². The molecule has 2 nitrogen and oxygen atoms in total. The summed E-state index contributed by atoms with van der Waals surface area (Å²) in [6.45, 7) is 5.44. The van der Waals surface area contributed by atoms with Gasteiger partial charge < -0.3 is 5.11 Å². The van der Waals surface area contributed by atoms with E-state index in [1.54, 1.807) is 11.1 Å². The lowest BCUT2D eigenvalue weighted by Gasteiger charge is -1.59. The number of hydrogen-bond donors (Lipinski definition) is 1. The SMILES string of the molecule is C.CC(=O)O.CC1=C(C)C1. The Morgan fingerprint density at radius 2 is 1.50 bits per heavy atom. The molecule has 60 valence electrons. The topological polar surface area (TPSA) is 37.3 Å². The monoisotopic (exact) mass is 144 g/mol. The van der Waals surface area contributed by atoms with Gasteiger partial charge in [-0.1, -0.05) is 18.6 Å². The Hall–Kier alpha value is -0.790. The average Bonchev–Trinajstić information content (AvgIpc) is 2.16. The normalized spacial score (nSPS) is 12.7. The third-order valence-electron chi connectivity index (χ3n) is 1.13. The summed E-state index contributed by atoms with van der Waals surface area (Å²) in [7, 11) is 0. The fourth-order valence-electron chi connectivity index (χ4n) is 0.354. The van der Waals surface area contributed by atoms with Gasteiger partial charge in [-0.2, -0.15) is 0 Å². The van der Waals surface area contributed by atoms with Gasteiger partial charge >= 0.3 is 0 Å². The lowest BCUT2D eigenvalue weighted by Crippen LogP contribution is -1.78. The molecule has 0 saturated carbocycles. The molecule has 0 atom stereocenters. The predicted octanol–water partition coefficient (Wildman–Crippen LogP) is 2.45. The van der Waals surface area contributed by atoms with Gasteiger partial charge in [0.15, 0.2) is 0 Å². The van der Waals surface area contributed by atoms with Crippen LogP contribution in [-0.4, -0.2) is 11.1 Å². The second-order valence-electron chi connectivity index (χ2n) is 2.26. The van der Waals surface area contributed by atoms with Gasteiger partial charge in [-0.25, -0.2) is 0 Å². The summed E-state index contributed by atoms with van der Waals surface area (Å²) in [5.41, 5.74) is 3.18. The molecular formula is C8H16O2. The Labute approximate surface area is 62.6 Å². The highest BCUT2D eigenvalue weighted by atomic mass is 16.4. The van der Waals surface area contributed by atoms with Gasteiger partial charge in [0.1, 0.15) is 0 Å². The molecule has 0 amide bonds. The van der Waals surface area contributed by atoms with E-state index in [1.165, 1.54) is 6.42 Å². The average molecular weight is 144 g/mol. The summed E-state index contributed by atoms with van der Waals surface area (Å²) in [6.07, 6.45) is 1.31. The van der Waals surface area contributed by atoms with Gasteiger partial charge in [-0.15, -0.1) is 0 Å². The fourth-order valence-corrected chi connectivity index (χ4v) is 0.354. The van der Waals surface area contributed by atoms with E-state index in [1.807, 2.05) is 0 Å². The maximum Gasteiger partial charge on any atom is 0.300 e. The third kappa shape index (κ3) is 10.2. The molecule has 0 fully saturated rings. The molecule has 0 radical (unpaired) electrons. The number of carboxylic acids is 1. The van der Waals surface area contributed by atoms with E-state index in [-0.39, 0.29) is 7.43 Å². The Morgan fingerprint density at radius 1 is 1.40 bits per heavy atom. The van der Waals surface area contributed by atoms with Crippen LogP contribution in [0.4, 0.5) is 0 Å². The summed E-state index contributed by atoms with van der Waals surface area (Å²) < 4.78 is 0. The molecular weight excluding hydrogens is 128 g/mol. The molecule has 0 heterocycles. The van der Waals surface area contributed by atoms with Crippen molar-refractivity contribution >= 4 is 5.97 Å². The highest BCUT2D eigenvalue weighted by Crippen LogP contribution is 2.27. The van der Waals surface area contributed by atoms with Gasteiger partial charge in [-0.05, 0) is 20.3 Å². The van der Waals surface area contributed by atoms with Crippen LogP contribution in [0.1, 0.15) is 34.6 Å². The van der Waals surface area contributed by atoms with Crippen molar-refractivity contribution in [1.29, 1.82) is 0 Å². The van der Waals surface area contributed by atoms with E-state index in [0.29, 0.717) is 0 Å². The molecule has 1 rings (SSSR count). The van der Waals surface area contributed by atoms with Crippen LogP contribution >= 0.6 is 0 Å². The van der Waals surface area contributed by atoms with Gasteiger partial charge in [0.25, 0.3) is 5.97 Å². The molecule has 0 bridgehead atoms. The summed E-state index contributed by atoms with van der Waals surface area (Å²) in [4.78, 5) is 9.00. The molecule has 0 spiro atoms. The number of aliphatic carboxylic acids is 1. The van der Waals surface area contributed by atoms with Crippen LogP contribution in [0, 0.1) is 0 Å². The lowest BCUT2D eigenvalue weighted by molar-refractivity contribution is -0.134.